The number of carboxylic acids is 1. The van der Waals surface area contributed by atoms with Crippen LogP contribution in [0.2, 0.25) is 0 Å². The number of aromatic nitrogens is 2. The first-order chi connectivity index (χ1) is 8.75. The molecule has 1 aromatic heterocycles. The van der Waals surface area contributed by atoms with Crippen molar-refractivity contribution < 1.29 is 9.90 Å². The molecule has 1 saturated carbocycles. The predicted molar refractivity (Wildman–Crippen MR) is 67.3 cm³/mol. The number of nitrogens with zero attached hydrogens (tertiary/aromatic N) is 2. The van der Waals surface area contributed by atoms with Gasteiger partial charge in [-0.25, -0.2) is 4.98 Å². The third-order valence-electron chi connectivity index (χ3n) is 3.24. The topological polar surface area (TPSA) is 55.1 Å². The van der Waals surface area contributed by atoms with Gasteiger partial charge in [0.25, 0.3) is 0 Å². The Bertz CT molecular complexity index is 585. The fourth-order valence-corrected chi connectivity index (χ4v) is 2.24. The molecule has 1 aliphatic carbocycles. The minimum absolute atomic E-state index is 0.0476. The smallest absolute Gasteiger partial charge is 0.307 e. The SMILES string of the molecule is O=C(O)Cc1ccccc1-c1cncn1C1CC1. The lowest BCUT2D eigenvalue weighted by atomic mass is 10.0. The van der Waals surface area contributed by atoms with E-state index in [9.17, 15) is 4.79 Å². The normalized spacial score (nSPS) is 14.7. The number of aliphatic carboxylic acids is 1. The summed E-state index contributed by atoms with van der Waals surface area (Å²) in [7, 11) is 0. The fraction of sp³-hybridized carbons (Fsp3) is 0.286. The van der Waals surface area contributed by atoms with Gasteiger partial charge in [-0.3, -0.25) is 4.79 Å². The molecule has 0 amide bonds. The van der Waals surface area contributed by atoms with Crippen LogP contribution in [0.1, 0.15) is 24.4 Å². The van der Waals surface area contributed by atoms with Crippen LogP contribution in [0.5, 0.6) is 0 Å². The van der Waals surface area contributed by atoms with Gasteiger partial charge in [0.05, 0.1) is 24.6 Å². The summed E-state index contributed by atoms with van der Waals surface area (Å²) >= 11 is 0. The molecule has 0 bridgehead atoms. The van der Waals surface area contributed by atoms with E-state index in [0.717, 1.165) is 16.8 Å². The molecule has 0 atom stereocenters. The quantitative estimate of drug-likeness (QED) is 0.896. The largest absolute Gasteiger partial charge is 0.481 e. The Labute approximate surface area is 105 Å². The molecule has 4 heteroatoms. The Morgan fingerprint density at radius 2 is 2.17 bits per heavy atom. The van der Waals surface area contributed by atoms with Gasteiger partial charge in [-0.15, -0.1) is 0 Å². The molecule has 1 heterocycles. The van der Waals surface area contributed by atoms with Crippen molar-refractivity contribution in [3.8, 4) is 11.3 Å². The Morgan fingerprint density at radius 3 is 2.89 bits per heavy atom. The van der Waals surface area contributed by atoms with Gasteiger partial charge in [-0.1, -0.05) is 24.3 Å². The minimum atomic E-state index is -0.806. The second-order valence-electron chi connectivity index (χ2n) is 4.64. The molecule has 3 rings (SSSR count). The van der Waals surface area contributed by atoms with Crippen LogP contribution >= 0.6 is 0 Å². The van der Waals surface area contributed by atoms with E-state index in [1.54, 1.807) is 0 Å². The van der Waals surface area contributed by atoms with Crippen molar-refractivity contribution in [3.63, 3.8) is 0 Å². The van der Waals surface area contributed by atoms with E-state index < -0.39 is 5.97 Å². The lowest BCUT2D eigenvalue weighted by Gasteiger charge is -2.10. The van der Waals surface area contributed by atoms with E-state index in [1.807, 2.05) is 36.8 Å². The number of hydrogen-bond acceptors (Lipinski definition) is 2. The van der Waals surface area contributed by atoms with E-state index in [4.69, 9.17) is 5.11 Å². The first-order valence-electron chi connectivity index (χ1n) is 6.07. The lowest BCUT2D eigenvalue weighted by Crippen LogP contribution is -2.03. The zero-order valence-corrected chi connectivity index (χ0v) is 9.91. The first kappa shape index (κ1) is 11.0. The van der Waals surface area contributed by atoms with Gasteiger partial charge in [0.2, 0.25) is 0 Å². The predicted octanol–water partition coefficient (Wildman–Crippen LogP) is 2.51. The maximum Gasteiger partial charge on any atom is 0.307 e. The molecule has 0 aliphatic heterocycles. The highest BCUT2D eigenvalue weighted by molar-refractivity contribution is 5.75. The van der Waals surface area contributed by atoms with E-state index in [0.29, 0.717) is 6.04 Å². The van der Waals surface area contributed by atoms with Crippen LogP contribution in [0.4, 0.5) is 0 Å². The summed E-state index contributed by atoms with van der Waals surface area (Å²) in [5, 5.41) is 8.96. The van der Waals surface area contributed by atoms with Crippen molar-refractivity contribution in [3.05, 3.63) is 42.4 Å². The molecule has 1 aromatic carbocycles. The fourth-order valence-electron chi connectivity index (χ4n) is 2.24. The van der Waals surface area contributed by atoms with E-state index >= 15 is 0 Å². The van der Waals surface area contributed by atoms with Crippen molar-refractivity contribution >= 4 is 5.97 Å². The van der Waals surface area contributed by atoms with Crippen LogP contribution in [0, 0.1) is 0 Å². The average molecular weight is 242 g/mol. The van der Waals surface area contributed by atoms with Crippen molar-refractivity contribution in [2.75, 3.05) is 0 Å². The van der Waals surface area contributed by atoms with Gasteiger partial charge in [0.15, 0.2) is 0 Å². The number of carbonyl (C=O) groups is 1. The number of hydrogen-bond donors (Lipinski definition) is 1. The van der Waals surface area contributed by atoms with Crippen molar-refractivity contribution in [1.29, 1.82) is 0 Å². The molecule has 92 valence electrons. The van der Waals surface area contributed by atoms with Crippen LogP contribution in [0.15, 0.2) is 36.8 Å². The van der Waals surface area contributed by atoms with Crippen molar-refractivity contribution in [1.82, 2.24) is 9.55 Å². The van der Waals surface area contributed by atoms with Crippen LogP contribution in [0.3, 0.4) is 0 Å². The molecule has 2 aromatic rings. The average Bonchev–Trinajstić information content (AvgIpc) is 3.08. The third-order valence-corrected chi connectivity index (χ3v) is 3.24. The molecule has 0 radical (unpaired) electrons. The summed E-state index contributed by atoms with van der Waals surface area (Å²) in [6, 6.07) is 8.19. The molecular weight excluding hydrogens is 228 g/mol. The molecule has 0 saturated heterocycles. The monoisotopic (exact) mass is 242 g/mol. The molecule has 4 nitrogen and oxygen atoms in total. The van der Waals surface area contributed by atoms with Gasteiger partial charge in [-0.2, -0.15) is 0 Å². The molecule has 0 unspecified atom stereocenters. The number of imidazole rings is 1. The highest BCUT2D eigenvalue weighted by atomic mass is 16.4. The minimum Gasteiger partial charge on any atom is -0.481 e. The summed E-state index contributed by atoms with van der Waals surface area (Å²) in [4.78, 5) is 15.1. The van der Waals surface area contributed by atoms with Crippen LogP contribution < -0.4 is 0 Å². The van der Waals surface area contributed by atoms with Crippen LogP contribution in [0.25, 0.3) is 11.3 Å². The molecule has 18 heavy (non-hydrogen) atoms. The van der Waals surface area contributed by atoms with Crippen molar-refractivity contribution in [2.24, 2.45) is 0 Å². The van der Waals surface area contributed by atoms with E-state index in [-0.39, 0.29) is 6.42 Å². The molecule has 1 aliphatic rings. The molecule has 1 N–H and O–H groups in total. The van der Waals surface area contributed by atoms with Gasteiger partial charge in [0.1, 0.15) is 0 Å². The number of rotatable bonds is 4. The summed E-state index contributed by atoms with van der Waals surface area (Å²) in [6.45, 7) is 0. The summed E-state index contributed by atoms with van der Waals surface area (Å²) in [5.74, 6) is -0.806. The van der Waals surface area contributed by atoms with Crippen LogP contribution in [-0.2, 0) is 11.2 Å². The molecular formula is C14H14N2O2. The second-order valence-corrected chi connectivity index (χ2v) is 4.64. The Morgan fingerprint density at radius 1 is 1.39 bits per heavy atom. The maximum absolute atomic E-state index is 10.9. The van der Waals surface area contributed by atoms with E-state index in [1.165, 1.54) is 12.8 Å². The van der Waals surface area contributed by atoms with E-state index in [2.05, 4.69) is 9.55 Å². The van der Waals surface area contributed by atoms with Crippen LogP contribution in [-0.4, -0.2) is 20.6 Å². The highest BCUT2D eigenvalue weighted by Gasteiger charge is 2.26. The molecule has 0 spiro atoms. The summed E-state index contributed by atoms with van der Waals surface area (Å²) in [6.07, 6.45) is 6.07. The van der Waals surface area contributed by atoms with Gasteiger partial charge in [-0.05, 0) is 18.4 Å². The Balaban J connectivity index is 2.04. The summed E-state index contributed by atoms with van der Waals surface area (Å²) in [5.41, 5.74) is 2.84. The lowest BCUT2D eigenvalue weighted by molar-refractivity contribution is -0.136. The Hall–Kier alpha value is -2.10. The molecule has 1 fully saturated rings. The van der Waals surface area contributed by atoms with Gasteiger partial charge < -0.3 is 9.67 Å². The third kappa shape index (κ3) is 2.01. The second kappa shape index (κ2) is 4.29. The first-order valence-corrected chi connectivity index (χ1v) is 6.07. The van der Waals surface area contributed by atoms with Gasteiger partial charge in [0, 0.05) is 11.6 Å². The zero-order valence-electron chi connectivity index (χ0n) is 9.91. The number of benzene rings is 1. The van der Waals surface area contributed by atoms with Gasteiger partial charge >= 0.3 is 5.97 Å². The highest BCUT2D eigenvalue weighted by Crippen LogP contribution is 2.38. The zero-order chi connectivity index (χ0) is 12.5. The maximum atomic E-state index is 10.9. The summed E-state index contributed by atoms with van der Waals surface area (Å²) < 4.78 is 2.15. The number of carboxylic acid groups (broad SMARTS) is 1. The van der Waals surface area contributed by atoms with Crippen molar-refractivity contribution in [2.45, 2.75) is 25.3 Å². The Kier molecular flexibility index (Phi) is 2.63. The standard InChI is InChI=1S/C14H14N2O2/c17-14(18)7-10-3-1-2-4-12(10)13-8-15-9-16(13)11-5-6-11/h1-4,8-9,11H,5-7H2,(H,17,18).